The van der Waals surface area contributed by atoms with Crippen LogP contribution in [-0.4, -0.2) is 46.8 Å². The Hall–Kier alpha value is -0.560. The fourth-order valence-electron chi connectivity index (χ4n) is 3.22. The highest BCUT2D eigenvalue weighted by molar-refractivity contribution is 7.99. The van der Waals surface area contributed by atoms with Gasteiger partial charge >= 0.3 is 0 Å². The number of nitrogens with one attached hydrogen (secondary N) is 1. The minimum Gasteiger partial charge on any atom is -0.381 e. The van der Waals surface area contributed by atoms with Gasteiger partial charge in [0, 0.05) is 31.4 Å². The number of hydrogen-bond donors (Lipinski definition) is 1. The second-order valence-corrected chi connectivity index (χ2v) is 7.19. The minimum atomic E-state index is 0. The molecule has 3 rings (SSSR count). The third-order valence-electron chi connectivity index (χ3n) is 4.54. The van der Waals surface area contributed by atoms with Gasteiger partial charge in [-0.25, -0.2) is 0 Å². The van der Waals surface area contributed by atoms with Gasteiger partial charge in [0.2, 0.25) is 0 Å². The molecule has 130 valence electrons. The van der Waals surface area contributed by atoms with E-state index < -0.39 is 0 Å². The Morgan fingerprint density at radius 1 is 1.30 bits per heavy atom. The van der Waals surface area contributed by atoms with Gasteiger partial charge in [0.05, 0.1) is 0 Å². The molecule has 1 atom stereocenters. The molecule has 1 aromatic heterocycles. The Morgan fingerprint density at radius 3 is 2.83 bits per heavy atom. The molecule has 2 aliphatic heterocycles. The number of piperidine rings is 1. The molecule has 1 N–H and O–H groups in total. The first-order valence-electron chi connectivity index (χ1n) is 8.33. The number of rotatable bonds is 7. The van der Waals surface area contributed by atoms with Gasteiger partial charge in [-0.05, 0) is 44.7 Å². The van der Waals surface area contributed by atoms with E-state index in [1.807, 2.05) is 17.8 Å². The van der Waals surface area contributed by atoms with Gasteiger partial charge in [0.25, 0.3) is 0 Å². The van der Waals surface area contributed by atoms with E-state index >= 15 is 0 Å². The Bertz CT molecular complexity index is 484. The summed E-state index contributed by atoms with van der Waals surface area (Å²) < 4.78 is 7.71. The molecule has 1 unspecified atom stereocenters. The van der Waals surface area contributed by atoms with Crippen LogP contribution >= 0.6 is 24.2 Å². The van der Waals surface area contributed by atoms with Crippen LogP contribution in [0.3, 0.4) is 0 Å². The highest BCUT2D eigenvalue weighted by Gasteiger charge is 2.23. The van der Waals surface area contributed by atoms with E-state index in [0.29, 0.717) is 5.92 Å². The molecular weight excluding hydrogens is 332 g/mol. The summed E-state index contributed by atoms with van der Waals surface area (Å²) in [4.78, 5) is 0. The second-order valence-electron chi connectivity index (χ2n) is 6.13. The summed E-state index contributed by atoms with van der Waals surface area (Å²) in [5.74, 6) is 3.50. The minimum absolute atomic E-state index is 0. The van der Waals surface area contributed by atoms with Crippen molar-refractivity contribution >= 4 is 24.2 Å². The first-order chi connectivity index (χ1) is 10.9. The Morgan fingerprint density at radius 2 is 2.13 bits per heavy atom. The van der Waals surface area contributed by atoms with E-state index in [1.165, 1.54) is 12.8 Å². The highest BCUT2D eigenvalue weighted by Crippen LogP contribution is 2.28. The van der Waals surface area contributed by atoms with Crippen molar-refractivity contribution in [3.63, 3.8) is 0 Å². The number of allylic oxidation sites excluding steroid dienone is 1. The fourth-order valence-corrected chi connectivity index (χ4v) is 4.27. The average Bonchev–Trinajstić information content (AvgIpc) is 3.19. The molecule has 2 aliphatic rings. The van der Waals surface area contributed by atoms with Crippen LogP contribution in [-0.2, 0) is 11.3 Å². The summed E-state index contributed by atoms with van der Waals surface area (Å²) in [6, 6.07) is 0. The van der Waals surface area contributed by atoms with Crippen LogP contribution in [0.25, 0.3) is 0 Å². The number of ether oxygens (including phenoxy) is 1. The van der Waals surface area contributed by atoms with Crippen molar-refractivity contribution in [1.29, 1.82) is 0 Å². The number of aromatic nitrogens is 3. The predicted octanol–water partition coefficient (Wildman–Crippen LogP) is 2.87. The zero-order valence-electron chi connectivity index (χ0n) is 13.6. The van der Waals surface area contributed by atoms with Gasteiger partial charge in [-0.2, -0.15) is 0 Å². The van der Waals surface area contributed by atoms with Gasteiger partial charge < -0.3 is 14.6 Å². The summed E-state index contributed by atoms with van der Waals surface area (Å²) in [5, 5.41) is 13.4. The van der Waals surface area contributed by atoms with Crippen molar-refractivity contribution in [1.82, 2.24) is 20.1 Å². The first kappa shape index (κ1) is 18.8. The summed E-state index contributed by atoms with van der Waals surface area (Å²) in [6.45, 7) is 8.72. The molecule has 1 aromatic rings. The van der Waals surface area contributed by atoms with Gasteiger partial charge in [-0.3, -0.25) is 0 Å². The van der Waals surface area contributed by atoms with Crippen molar-refractivity contribution in [2.24, 2.45) is 5.92 Å². The third kappa shape index (κ3) is 4.95. The molecule has 23 heavy (non-hydrogen) atoms. The van der Waals surface area contributed by atoms with Crippen LogP contribution in [0, 0.1) is 5.92 Å². The smallest absolute Gasteiger partial charge is 0.191 e. The summed E-state index contributed by atoms with van der Waals surface area (Å²) in [7, 11) is 0. The van der Waals surface area contributed by atoms with E-state index in [0.717, 1.165) is 68.3 Å². The van der Waals surface area contributed by atoms with E-state index in [9.17, 15) is 0 Å². The van der Waals surface area contributed by atoms with Gasteiger partial charge in [-0.1, -0.05) is 17.8 Å². The zero-order valence-corrected chi connectivity index (χ0v) is 15.2. The van der Waals surface area contributed by atoms with E-state index in [4.69, 9.17) is 4.74 Å². The highest BCUT2D eigenvalue weighted by atomic mass is 35.5. The maximum atomic E-state index is 5.44. The predicted molar refractivity (Wildman–Crippen MR) is 96.6 cm³/mol. The largest absolute Gasteiger partial charge is 0.381 e. The molecule has 0 radical (unpaired) electrons. The normalized spacial score (nSPS) is 22.0. The molecule has 2 fully saturated rings. The summed E-state index contributed by atoms with van der Waals surface area (Å²) >= 11 is 1.83. The lowest BCUT2D eigenvalue weighted by Crippen LogP contribution is -2.28. The van der Waals surface area contributed by atoms with Crippen LogP contribution in [0.1, 0.15) is 37.4 Å². The molecule has 0 saturated carbocycles. The average molecular weight is 359 g/mol. The van der Waals surface area contributed by atoms with Crippen LogP contribution < -0.4 is 5.32 Å². The maximum Gasteiger partial charge on any atom is 0.191 e. The molecule has 0 amide bonds. The zero-order chi connectivity index (χ0) is 15.2. The van der Waals surface area contributed by atoms with E-state index in [2.05, 4.69) is 26.7 Å². The van der Waals surface area contributed by atoms with Crippen LogP contribution in [0.4, 0.5) is 0 Å². The summed E-state index contributed by atoms with van der Waals surface area (Å²) in [5.41, 5.74) is 0. The van der Waals surface area contributed by atoms with Crippen LogP contribution in [0.2, 0.25) is 0 Å². The van der Waals surface area contributed by atoms with E-state index in [-0.39, 0.29) is 12.4 Å². The van der Waals surface area contributed by atoms with Crippen molar-refractivity contribution in [3.05, 3.63) is 18.5 Å². The fraction of sp³-hybridized carbons (Fsp3) is 0.750. The molecule has 5 nitrogen and oxygen atoms in total. The lowest BCUT2D eigenvalue weighted by atomic mass is 9.97. The Labute approximate surface area is 149 Å². The van der Waals surface area contributed by atoms with Gasteiger partial charge in [-0.15, -0.1) is 29.2 Å². The maximum absolute atomic E-state index is 5.44. The second kappa shape index (κ2) is 9.67. The lowest BCUT2D eigenvalue weighted by Gasteiger charge is -2.22. The number of thioether (sulfide) groups is 1. The van der Waals surface area contributed by atoms with Crippen molar-refractivity contribution in [2.45, 2.75) is 43.3 Å². The quantitative estimate of drug-likeness (QED) is 0.600. The molecular formula is C16H27ClN4OS. The number of halogens is 1. The van der Waals surface area contributed by atoms with Gasteiger partial charge in [0.1, 0.15) is 5.82 Å². The topological polar surface area (TPSA) is 52.0 Å². The Kier molecular flexibility index (Phi) is 7.89. The third-order valence-corrected chi connectivity index (χ3v) is 5.54. The number of nitrogens with zero attached hydrogens (tertiary/aromatic N) is 3. The van der Waals surface area contributed by atoms with Crippen molar-refractivity contribution < 1.29 is 4.74 Å². The molecule has 0 bridgehead atoms. The molecule has 7 heteroatoms. The molecule has 0 spiro atoms. The molecule has 0 aromatic carbocycles. The summed E-state index contributed by atoms with van der Waals surface area (Å²) in [6.07, 6.45) is 6.66. The van der Waals surface area contributed by atoms with Gasteiger partial charge in [0.15, 0.2) is 5.16 Å². The van der Waals surface area contributed by atoms with E-state index in [1.54, 1.807) is 0 Å². The lowest BCUT2D eigenvalue weighted by molar-refractivity contribution is 0.185. The first-order valence-corrected chi connectivity index (χ1v) is 9.32. The SMILES string of the molecule is C=CCn1c(SCCC2CCOC2)nnc1C1CCNCC1.Cl. The monoisotopic (exact) mass is 358 g/mol. The standard InChI is InChI=1S/C16H26N4OS.ClH/c1-2-9-20-15(14-3-7-17-8-4-14)18-19-16(20)22-11-6-13-5-10-21-12-13;/h2,13-14,17H,1,3-12H2;1H. The molecule has 0 aliphatic carbocycles. The van der Waals surface area contributed by atoms with Crippen molar-refractivity contribution in [3.8, 4) is 0 Å². The van der Waals surface area contributed by atoms with Crippen molar-refractivity contribution in [2.75, 3.05) is 32.1 Å². The molecule has 2 saturated heterocycles. The molecule has 3 heterocycles. The number of hydrogen-bond acceptors (Lipinski definition) is 5. The van der Waals surface area contributed by atoms with Crippen LogP contribution in [0.5, 0.6) is 0 Å². The Balaban J connectivity index is 0.00000192. The van der Waals surface area contributed by atoms with Crippen LogP contribution in [0.15, 0.2) is 17.8 Å².